The molecule has 0 unspecified atom stereocenters. The summed E-state index contributed by atoms with van der Waals surface area (Å²) in [6.45, 7) is 3.45. The van der Waals surface area contributed by atoms with Gasteiger partial charge in [0, 0.05) is 6.20 Å². The third-order valence-electron chi connectivity index (χ3n) is 2.11. The number of nitrogens with zero attached hydrogens (tertiary/aromatic N) is 1. The van der Waals surface area contributed by atoms with E-state index in [0.717, 1.165) is 5.56 Å². The topological polar surface area (TPSA) is 65.2 Å². The number of ether oxygens (including phenoxy) is 1. The summed E-state index contributed by atoms with van der Waals surface area (Å²) in [7, 11) is 1.31. The first-order valence-corrected chi connectivity index (χ1v) is 4.29. The number of pyridine rings is 1. The highest BCUT2D eigenvalue weighted by Gasteiger charge is 2.34. The molecule has 14 heavy (non-hydrogen) atoms. The van der Waals surface area contributed by atoms with Crippen molar-refractivity contribution in [3.05, 3.63) is 29.6 Å². The van der Waals surface area contributed by atoms with Crippen LogP contribution in [-0.2, 0) is 15.1 Å². The van der Waals surface area contributed by atoms with E-state index in [1.165, 1.54) is 7.11 Å². The summed E-state index contributed by atoms with van der Waals surface area (Å²) < 4.78 is 4.62. The summed E-state index contributed by atoms with van der Waals surface area (Å²) in [6.07, 6.45) is 1.61. The van der Waals surface area contributed by atoms with Crippen molar-refractivity contribution in [2.45, 2.75) is 19.4 Å². The molecule has 0 fully saturated rings. The maximum Gasteiger partial charge on any atom is 0.331 e. The minimum absolute atomic E-state index is 0.487. The Labute approximate surface area is 83.1 Å². The van der Waals surface area contributed by atoms with Crippen LogP contribution in [0.1, 0.15) is 18.2 Å². The molecule has 0 aliphatic heterocycles. The van der Waals surface area contributed by atoms with Crippen molar-refractivity contribution >= 4 is 5.97 Å². The Kier molecular flexibility index (Phi) is 2.86. The molecule has 1 atom stereocenters. The second-order valence-electron chi connectivity index (χ2n) is 3.36. The van der Waals surface area contributed by atoms with Crippen molar-refractivity contribution in [3.63, 3.8) is 0 Å². The molecule has 0 bridgehead atoms. The van der Waals surface area contributed by atoms with Crippen LogP contribution in [0.25, 0.3) is 0 Å². The fraction of sp³-hybridized carbons (Fsp3) is 0.400. The third-order valence-corrected chi connectivity index (χ3v) is 2.11. The molecule has 0 aromatic carbocycles. The molecule has 4 heteroatoms. The fourth-order valence-electron chi connectivity index (χ4n) is 1.34. The van der Waals surface area contributed by atoms with Crippen molar-refractivity contribution in [2.24, 2.45) is 5.73 Å². The Morgan fingerprint density at radius 3 is 2.79 bits per heavy atom. The van der Waals surface area contributed by atoms with Gasteiger partial charge in [-0.15, -0.1) is 0 Å². The highest BCUT2D eigenvalue weighted by Crippen LogP contribution is 2.19. The van der Waals surface area contributed by atoms with Crippen LogP contribution >= 0.6 is 0 Å². The average molecular weight is 194 g/mol. The SMILES string of the molecule is COC(=O)[C@@](C)(N)c1ncccc1C. The third kappa shape index (κ3) is 1.75. The lowest BCUT2D eigenvalue weighted by molar-refractivity contribution is -0.146. The lowest BCUT2D eigenvalue weighted by Crippen LogP contribution is -2.44. The number of nitrogens with two attached hydrogens (primary N) is 1. The summed E-state index contributed by atoms with van der Waals surface area (Å²) in [6, 6.07) is 3.66. The predicted molar refractivity (Wildman–Crippen MR) is 52.5 cm³/mol. The quantitative estimate of drug-likeness (QED) is 0.705. The number of hydrogen-bond acceptors (Lipinski definition) is 4. The van der Waals surface area contributed by atoms with Crippen LogP contribution in [0.5, 0.6) is 0 Å². The van der Waals surface area contributed by atoms with Crippen LogP contribution in [0.4, 0.5) is 0 Å². The van der Waals surface area contributed by atoms with Gasteiger partial charge in [-0.1, -0.05) is 6.07 Å². The smallest absolute Gasteiger partial charge is 0.331 e. The van der Waals surface area contributed by atoms with E-state index in [1.54, 1.807) is 19.2 Å². The Balaban J connectivity index is 3.16. The summed E-state index contributed by atoms with van der Waals surface area (Å²) in [5.74, 6) is -0.487. The highest BCUT2D eigenvalue weighted by molar-refractivity contribution is 5.81. The van der Waals surface area contributed by atoms with Crippen molar-refractivity contribution in [1.29, 1.82) is 0 Å². The van der Waals surface area contributed by atoms with Crippen LogP contribution in [0, 0.1) is 6.92 Å². The molecule has 0 spiro atoms. The van der Waals surface area contributed by atoms with Crippen LogP contribution in [0.2, 0.25) is 0 Å². The number of carbonyl (C=O) groups excluding carboxylic acids is 1. The minimum Gasteiger partial charge on any atom is -0.467 e. The first-order chi connectivity index (χ1) is 6.50. The van der Waals surface area contributed by atoms with Crippen LogP contribution in [-0.4, -0.2) is 18.1 Å². The highest BCUT2D eigenvalue weighted by atomic mass is 16.5. The van der Waals surface area contributed by atoms with Gasteiger partial charge in [0.15, 0.2) is 5.54 Å². The average Bonchev–Trinajstić information content (AvgIpc) is 2.17. The van der Waals surface area contributed by atoms with Gasteiger partial charge in [-0.25, -0.2) is 4.79 Å². The molecule has 4 nitrogen and oxygen atoms in total. The zero-order valence-electron chi connectivity index (χ0n) is 8.57. The lowest BCUT2D eigenvalue weighted by Gasteiger charge is -2.22. The second kappa shape index (κ2) is 3.75. The molecule has 76 valence electrons. The van der Waals surface area contributed by atoms with Gasteiger partial charge in [0.2, 0.25) is 0 Å². The summed E-state index contributed by atoms with van der Waals surface area (Å²) in [5, 5.41) is 0. The molecule has 1 aromatic heterocycles. The van der Waals surface area contributed by atoms with Crippen molar-refractivity contribution in [3.8, 4) is 0 Å². The monoisotopic (exact) mass is 194 g/mol. The molecule has 0 radical (unpaired) electrons. The number of aromatic nitrogens is 1. The molecule has 0 aliphatic carbocycles. The van der Waals surface area contributed by atoms with Crippen molar-refractivity contribution in [1.82, 2.24) is 4.98 Å². The largest absolute Gasteiger partial charge is 0.467 e. The molecule has 1 rings (SSSR count). The summed E-state index contributed by atoms with van der Waals surface area (Å²) >= 11 is 0. The Bertz CT molecular complexity index is 348. The van der Waals surface area contributed by atoms with Gasteiger partial charge in [0.05, 0.1) is 12.8 Å². The second-order valence-corrected chi connectivity index (χ2v) is 3.36. The fourth-order valence-corrected chi connectivity index (χ4v) is 1.34. The van der Waals surface area contributed by atoms with Gasteiger partial charge in [-0.3, -0.25) is 4.98 Å². The molecule has 0 aliphatic rings. The van der Waals surface area contributed by atoms with Crippen molar-refractivity contribution < 1.29 is 9.53 Å². The van der Waals surface area contributed by atoms with E-state index in [2.05, 4.69) is 9.72 Å². The zero-order chi connectivity index (χ0) is 10.8. The molecule has 2 N–H and O–H groups in total. The first-order valence-electron chi connectivity index (χ1n) is 4.29. The summed E-state index contributed by atoms with van der Waals surface area (Å²) in [5.41, 5.74) is 6.10. The molecule has 1 aromatic rings. The van der Waals surface area contributed by atoms with Crippen LogP contribution in [0.15, 0.2) is 18.3 Å². The first kappa shape index (κ1) is 10.7. The Morgan fingerprint density at radius 2 is 2.29 bits per heavy atom. The molecular formula is C10H14N2O2. The van der Waals surface area contributed by atoms with Crippen LogP contribution in [0.3, 0.4) is 0 Å². The van der Waals surface area contributed by atoms with E-state index in [0.29, 0.717) is 5.69 Å². The van der Waals surface area contributed by atoms with E-state index in [9.17, 15) is 4.79 Å². The maximum atomic E-state index is 11.4. The number of hydrogen-bond donors (Lipinski definition) is 1. The number of methoxy groups -OCH3 is 1. The number of aryl methyl sites for hydroxylation is 1. The Morgan fingerprint density at radius 1 is 1.64 bits per heavy atom. The van der Waals surface area contributed by atoms with E-state index in [4.69, 9.17) is 5.73 Å². The molecule has 0 saturated heterocycles. The number of carbonyl (C=O) groups is 1. The van der Waals surface area contributed by atoms with Gasteiger partial charge in [-0.2, -0.15) is 0 Å². The summed E-state index contributed by atoms with van der Waals surface area (Å²) in [4.78, 5) is 15.5. The van der Waals surface area contributed by atoms with Gasteiger partial charge in [0.1, 0.15) is 0 Å². The van der Waals surface area contributed by atoms with E-state index < -0.39 is 11.5 Å². The van der Waals surface area contributed by atoms with Gasteiger partial charge < -0.3 is 10.5 Å². The van der Waals surface area contributed by atoms with Gasteiger partial charge in [-0.05, 0) is 25.5 Å². The molecule has 0 amide bonds. The normalized spacial score (nSPS) is 14.6. The van der Waals surface area contributed by atoms with E-state index >= 15 is 0 Å². The van der Waals surface area contributed by atoms with E-state index in [-0.39, 0.29) is 0 Å². The van der Waals surface area contributed by atoms with Gasteiger partial charge >= 0.3 is 5.97 Å². The maximum absolute atomic E-state index is 11.4. The van der Waals surface area contributed by atoms with Crippen LogP contribution < -0.4 is 5.73 Å². The molecule has 0 saturated carbocycles. The molecular weight excluding hydrogens is 180 g/mol. The lowest BCUT2D eigenvalue weighted by atomic mass is 9.95. The predicted octanol–water partition coefficient (Wildman–Crippen LogP) is 0.737. The standard InChI is InChI=1S/C10H14N2O2/c1-7-5-4-6-12-8(7)10(2,11)9(13)14-3/h4-6H,11H2,1-3H3/t10-/m0/s1. The van der Waals surface area contributed by atoms with E-state index in [1.807, 2.05) is 13.0 Å². The minimum atomic E-state index is -1.18. The Hall–Kier alpha value is -1.42. The zero-order valence-corrected chi connectivity index (χ0v) is 8.57. The number of rotatable bonds is 2. The van der Waals surface area contributed by atoms with Crippen molar-refractivity contribution in [2.75, 3.05) is 7.11 Å². The van der Waals surface area contributed by atoms with Gasteiger partial charge in [0.25, 0.3) is 0 Å². The number of esters is 1. The molecule has 1 heterocycles.